The summed E-state index contributed by atoms with van der Waals surface area (Å²) in [5.41, 5.74) is 0.948. The monoisotopic (exact) mass is 310 g/mol. The Kier molecular flexibility index (Phi) is 3.83. The average molecular weight is 311 g/mol. The Balaban J connectivity index is 2.68. The lowest BCUT2D eigenvalue weighted by molar-refractivity contribution is 0.0697. The molecule has 2 rings (SSSR count). The molecule has 104 valence electrons. The molecule has 0 bridgehead atoms. The molecule has 6 heteroatoms. The Labute approximate surface area is 121 Å². The predicted molar refractivity (Wildman–Crippen MR) is 77.0 cm³/mol. The molecule has 0 aliphatic heterocycles. The Morgan fingerprint density at radius 1 is 1.15 bits per heavy atom. The van der Waals surface area contributed by atoms with Crippen LogP contribution in [0, 0.1) is 0 Å². The highest BCUT2D eigenvalue weighted by Gasteiger charge is 2.14. The normalized spacial score (nSPS) is 11.3. The minimum Gasteiger partial charge on any atom is -0.478 e. The first kappa shape index (κ1) is 14.6. The minimum atomic E-state index is -3.36. The molecule has 0 aromatic heterocycles. The maximum atomic E-state index is 11.6. The molecule has 2 aromatic rings. The largest absolute Gasteiger partial charge is 0.478 e. The summed E-state index contributed by atoms with van der Waals surface area (Å²) in [5.74, 6) is -1.10. The lowest BCUT2D eigenvalue weighted by Gasteiger charge is -2.08. The number of halogens is 1. The second-order valence-electron chi connectivity index (χ2n) is 4.30. The van der Waals surface area contributed by atoms with Crippen LogP contribution in [-0.4, -0.2) is 25.7 Å². The number of hydrogen-bond donors (Lipinski definition) is 1. The van der Waals surface area contributed by atoms with E-state index in [0.29, 0.717) is 16.1 Å². The molecular weight excluding hydrogens is 300 g/mol. The van der Waals surface area contributed by atoms with Crippen LogP contribution in [0.4, 0.5) is 0 Å². The predicted octanol–water partition coefficient (Wildman–Crippen LogP) is 3.11. The van der Waals surface area contributed by atoms with Gasteiger partial charge in [0, 0.05) is 11.3 Å². The van der Waals surface area contributed by atoms with Crippen molar-refractivity contribution in [3.63, 3.8) is 0 Å². The van der Waals surface area contributed by atoms with E-state index in [-0.39, 0.29) is 10.5 Å². The van der Waals surface area contributed by atoms with Gasteiger partial charge in [-0.1, -0.05) is 23.7 Å². The second kappa shape index (κ2) is 5.26. The van der Waals surface area contributed by atoms with Crippen LogP contribution in [0.15, 0.2) is 47.4 Å². The van der Waals surface area contributed by atoms with Crippen molar-refractivity contribution in [2.75, 3.05) is 6.26 Å². The molecule has 1 N–H and O–H groups in total. The Bertz CT molecular complexity index is 782. The lowest BCUT2D eigenvalue weighted by Crippen LogP contribution is -2.01. The Hall–Kier alpha value is -1.85. The third kappa shape index (κ3) is 3.00. The van der Waals surface area contributed by atoms with Gasteiger partial charge in [0.1, 0.15) is 0 Å². The van der Waals surface area contributed by atoms with Crippen LogP contribution in [0.25, 0.3) is 11.1 Å². The molecule has 0 heterocycles. The topological polar surface area (TPSA) is 71.4 Å². The molecule has 0 fully saturated rings. The van der Waals surface area contributed by atoms with Crippen molar-refractivity contribution in [2.24, 2.45) is 0 Å². The van der Waals surface area contributed by atoms with Gasteiger partial charge in [0.25, 0.3) is 0 Å². The lowest BCUT2D eigenvalue weighted by atomic mass is 10.00. The zero-order valence-corrected chi connectivity index (χ0v) is 12.1. The molecule has 0 saturated carbocycles. The summed E-state index contributed by atoms with van der Waals surface area (Å²) in [4.78, 5) is 11.4. The number of benzene rings is 2. The number of aromatic carboxylic acids is 1. The molecule has 0 saturated heterocycles. The van der Waals surface area contributed by atoms with E-state index in [2.05, 4.69) is 0 Å². The summed E-state index contributed by atoms with van der Waals surface area (Å²) in [7, 11) is -3.36. The zero-order valence-electron chi connectivity index (χ0n) is 10.5. The maximum Gasteiger partial charge on any atom is 0.336 e. The van der Waals surface area contributed by atoms with Crippen molar-refractivity contribution < 1.29 is 18.3 Å². The van der Waals surface area contributed by atoms with Gasteiger partial charge in [-0.3, -0.25) is 0 Å². The smallest absolute Gasteiger partial charge is 0.336 e. The zero-order chi connectivity index (χ0) is 14.9. The molecule has 0 atom stereocenters. The third-order valence-electron chi connectivity index (χ3n) is 2.79. The highest BCUT2D eigenvalue weighted by molar-refractivity contribution is 7.90. The highest BCUT2D eigenvalue weighted by atomic mass is 35.5. The standard InChI is InChI=1S/C14H11ClO4S/c1-20(18,19)11-4-2-3-9(7-11)13-8-10(15)5-6-12(13)14(16)17/h2-8H,1H3,(H,16,17). The fourth-order valence-electron chi connectivity index (χ4n) is 1.84. The van der Waals surface area contributed by atoms with E-state index in [9.17, 15) is 18.3 Å². The summed E-state index contributed by atoms with van der Waals surface area (Å²) in [6, 6.07) is 10.5. The summed E-state index contributed by atoms with van der Waals surface area (Å²) in [5, 5.41) is 9.57. The number of carboxylic acid groups (broad SMARTS) is 1. The van der Waals surface area contributed by atoms with Crippen molar-refractivity contribution in [1.82, 2.24) is 0 Å². The number of rotatable bonds is 3. The first-order valence-corrected chi connectivity index (χ1v) is 7.89. The van der Waals surface area contributed by atoms with Crippen molar-refractivity contribution in [3.05, 3.63) is 53.1 Å². The fourth-order valence-corrected chi connectivity index (χ4v) is 2.67. The maximum absolute atomic E-state index is 11.6. The molecule has 0 spiro atoms. The minimum absolute atomic E-state index is 0.0695. The van der Waals surface area contributed by atoms with Crippen LogP contribution in [0.5, 0.6) is 0 Å². The van der Waals surface area contributed by atoms with E-state index in [1.807, 2.05) is 0 Å². The molecule has 0 radical (unpaired) electrons. The van der Waals surface area contributed by atoms with E-state index in [0.717, 1.165) is 6.26 Å². The van der Waals surface area contributed by atoms with Crippen molar-refractivity contribution in [3.8, 4) is 11.1 Å². The molecule has 0 aliphatic rings. The van der Waals surface area contributed by atoms with E-state index in [4.69, 9.17) is 11.6 Å². The summed E-state index contributed by atoms with van der Waals surface area (Å²) < 4.78 is 23.1. The summed E-state index contributed by atoms with van der Waals surface area (Å²) >= 11 is 5.89. The highest BCUT2D eigenvalue weighted by Crippen LogP contribution is 2.28. The molecule has 0 amide bonds. The van der Waals surface area contributed by atoms with Crippen LogP contribution < -0.4 is 0 Å². The number of hydrogen-bond acceptors (Lipinski definition) is 3. The molecule has 4 nitrogen and oxygen atoms in total. The van der Waals surface area contributed by atoms with Gasteiger partial charge in [0.15, 0.2) is 9.84 Å². The van der Waals surface area contributed by atoms with Crippen LogP contribution >= 0.6 is 11.6 Å². The number of carboxylic acids is 1. The Morgan fingerprint density at radius 3 is 2.45 bits per heavy atom. The molecule has 20 heavy (non-hydrogen) atoms. The van der Waals surface area contributed by atoms with E-state index >= 15 is 0 Å². The van der Waals surface area contributed by atoms with Gasteiger partial charge < -0.3 is 5.11 Å². The van der Waals surface area contributed by atoms with Gasteiger partial charge in [-0.25, -0.2) is 13.2 Å². The number of carbonyl (C=O) groups is 1. The third-order valence-corrected chi connectivity index (χ3v) is 4.13. The number of sulfone groups is 1. The molecule has 2 aromatic carbocycles. The van der Waals surface area contributed by atoms with Crippen LogP contribution in [0.1, 0.15) is 10.4 Å². The van der Waals surface area contributed by atoms with Crippen molar-refractivity contribution in [2.45, 2.75) is 4.90 Å². The first-order chi connectivity index (χ1) is 9.29. The van der Waals surface area contributed by atoms with Crippen LogP contribution in [-0.2, 0) is 9.84 Å². The molecular formula is C14H11ClO4S. The summed E-state index contributed by atoms with van der Waals surface area (Å²) in [6.07, 6.45) is 1.10. The first-order valence-electron chi connectivity index (χ1n) is 5.62. The van der Waals surface area contributed by atoms with Crippen molar-refractivity contribution in [1.29, 1.82) is 0 Å². The average Bonchev–Trinajstić information content (AvgIpc) is 2.37. The van der Waals surface area contributed by atoms with Crippen molar-refractivity contribution >= 4 is 27.4 Å². The van der Waals surface area contributed by atoms with Gasteiger partial charge in [-0.2, -0.15) is 0 Å². The molecule has 0 unspecified atom stereocenters. The van der Waals surface area contributed by atoms with E-state index in [1.165, 1.54) is 30.3 Å². The van der Waals surface area contributed by atoms with Crippen LogP contribution in [0.3, 0.4) is 0 Å². The summed E-state index contributed by atoms with van der Waals surface area (Å²) in [6.45, 7) is 0. The fraction of sp³-hybridized carbons (Fsp3) is 0.0714. The van der Waals surface area contributed by atoms with Gasteiger partial charge in [0.05, 0.1) is 10.5 Å². The SMILES string of the molecule is CS(=O)(=O)c1cccc(-c2cc(Cl)ccc2C(=O)O)c1. The Morgan fingerprint density at radius 2 is 1.85 bits per heavy atom. The second-order valence-corrected chi connectivity index (χ2v) is 6.75. The van der Waals surface area contributed by atoms with Gasteiger partial charge in [-0.05, 0) is 41.5 Å². The quantitative estimate of drug-likeness (QED) is 0.945. The van der Waals surface area contributed by atoms with E-state index in [1.54, 1.807) is 12.1 Å². The van der Waals surface area contributed by atoms with Gasteiger partial charge in [-0.15, -0.1) is 0 Å². The van der Waals surface area contributed by atoms with Gasteiger partial charge >= 0.3 is 5.97 Å². The molecule has 0 aliphatic carbocycles. The van der Waals surface area contributed by atoms with E-state index < -0.39 is 15.8 Å². The van der Waals surface area contributed by atoms with Gasteiger partial charge in [0.2, 0.25) is 0 Å². The van der Waals surface area contributed by atoms with Crippen LogP contribution in [0.2, 0.25) is 5.02 Å².